The number of rotatable bonds is 1. The molecule has 0 spiro atoms. The zero-order valence-electron chi connectivity index (χ0n) is 7.12. The van der Waals surface area contributed by atoms with Gasteiger partial charge in [-0.3, -0.25) is 0 Å². The lowest BCUT2D eigenvalue weighted by Gasteiger charge is -1.94. The van der Waals surface area contributed by atoms with Crippen LogP contribution >= 0.6 is 0 Å². The van der Waals surface area contributed by atoms with Gasteiger partial charge in [0.2, 0.25) is 5.89 Å². The second-order valence-corrected chi connectivity index (χ2v) is 2.95. The molecule has 0 saturated heterocycles. The summed E-state index contributed by atoms with van der Waals surface area (Å²) in [4.78, 5) is 4.10. The van der Waals surface area contributed by atoms with Gasteiger partial charge in [0.05, 0.1) is 6.04 Å². The number of oxazole rings is 1. The van der Waals surface area contributed by atoms with Gasteiger partial charge in [-0.25, -0.2) is 9.37 Å². The molecule has 1 aromatic carbocycles. The van der Waals surface area contributed by atoms with E-state index in [0.717, 1.165) is 0 Å². The maximum atomic E-state index is 12.7. The van der Waals surface area contributed by atoms with Crippen molar-refractivity contribution in [3.8, 4) is 0 Å². The number of hydrogen-bond donors (Lipinski definition) is 1. The Bertz CT molecular complexity index is 436. The topological polar surface area (TPSA) is 52.0 Å². The third-order valence-corrected chi connectivity index (χ3v) is 1.76. The minimum absolute atomic E-state index is 0.268. The van der Waals surface area contributed by atoms with Crippen molar-refractivity contribution in [3.05, 3.63) is 29.9 Å². The van der Waals surface area contributed by atoms with Crippen molar-refractivity contribution in [3.63, 3.8) is 0 Å². The van der Waals surface area contributed by atoms with Gasteiger partial charge in [-0.15, -0.1) is 0 Å². The smallest absolute Gasteiger partial charge is 0.212 e. The summed E-state index contributed by atoms with van der Waals surface area (Å²) in [6, 6.07) is 3.94. The minimum atomic E-state index is -0.333. The van der Waals surface area contributed by atoms with Crippen LogP contribution in [0.15, 0.2) is 22.6 Å². The molecule has 0 radical (unpaired) electrons. The lowest BCUT2D eigenvalue weighted by atomic mass is 10.3. The van der Waals surface area contributed by atoms with Crippen molar-refractivity contribution in [2.24, 2.45) is 5.73 Å². The Morgan fingerprint density at radius 3 is 3.00 bits per heavy atom. The van der Waals surface area contributed by atoms with Crippen LogP contribution in [0.2, 0.25) is 0 Å². The van der Waals surface area contributed by atoms with Gasteiger partial charge in [0.25, 0.3) is 0 Å². The summed E-state index contributed by atoms with van der Waals surface area (Å²) in [7, 11) is 0. The first-order valence-corrected chi connectivity index (χ1v) is 3.98. The molecule has 0 aliphatic heterocycles. The summed E-state index contributed by atoms with van der Waals surface area (Å²) in [5.74, 6) is 0.0977. The molecule has 0 saturated carbocycles. The summed E-state index contributed by atoms with van der Waals surface area (Å²) in [5.41, 5.74) is 6.64. The molecule has 4 heteroatoms. The highest BCUT2D eigenvalue weighted by Crippen LogP contribution is 2.19. The number of halogens is 1. The van der Waals surface area contributed by atoms with Crippen molar-refractivity contribution < 1.29 is 8.81 Å². The lowest BCUT2D eigenvalue weighted by molar-refractivity contribution is 0.491. The molecule has 0 unspecified atom stereocenters. The zero-order chi connectivity index (χ0) is 9.42. The number of benzene rings is 1. The van der Waals surface area contributed by atoms with Crippen molar-refractivity contribution >= 4 is 11.1 Å². The van der Waals surface area contributed by atoms with Gasteiger partial charge in [0.1, 0.15) is 11.3 Å². The molecule has 1 heterocycles. The van der Waals surface area contributed by atoms with Crippen LogP contribution in [-0.2, 0) is 0 Å². The predicted molar refractivity (Wildman–Crippen MR) is 46.6 cm³/mol. The molecule has 3 nitrogen and oxygen atoms in total. The summed E-state index contributed by atoms with van der Waals surface area (Å²) in [5, 5.41) is 0. The van der Waals surface area contributed by atoms with Crippen LogP contribution in [0.3, 0.4) is 0 Å². The Balaban J connectivity index is 2.62. The van der Waals surface area contributed by atoms with Crippen molar-refractivity contribution in [1.82, 2.24) is 4.98 Å². The Morgan fingerprint density at radius 2 is 2.31 bits per heavy atom. The summed E-state index contributed by atoms with van der Waals surface area (Å²) in [6.45, 7) is 1.76. The fourth-order valence-electron chi connectivity index (χ4n) is 1.11. The van der Waals surface area contributed by atoms with E-state index in [9.17, 15) is 4.39 Å². The first-order valence-electron chi connectivity index (χ1n) is 3.98. The molecule has 0 aliphatic carbocycles. The van der Waals surface area contributed by atoms with Gasteiger partial charge < -0.3 is 10.2 Å². The van der Waals surface area contributed by atoms with E-state index in [1.54, 1.807) is 13.0 Å². The molecule has 1 aromatic heterocycles. The highest BCUT2D eigenvalue weighted by molar-refractivity contribution is 5.72. The molecule has 0 bridgehead atoms. The van der Waals surface area contributed by atoms with Gasteiger partial charge >= 0.3 is 0 Å². The SMILES string of the molecule is C[C@@H](N)c1nc2ccc(F)cc2o1. The van der Waals surface area contributed by atoms with E-state index in [4.69, 9.17) is 10.2 Å². The van der Waals surface area contributed by atoms with E-state index in [-0.39, 0.29) is 11.9 Å². The van der Waals surface area contributed by atoms with Crippen molar-refractivity contribution in [2.75, 3.05) is 0 Å². The van der Waals surface area contributed by atoms with Crippen molar-refractivity contribution in [2.45, 2.75) is 13.0 Å². The van der Waals surface area contributed by atoms with Crippen LogP contribution in [0, 0.1) is 5.82 Å². The third kappa shape index (κ3) is 1.40. The summed E-state index contributed by atoms with van der Waals surface area (Å²) in [6.07, 6.45) is 0. The summed E-state index contributed by atoms with van der Waals surface area (Å²) >= 11 is 0. The van der Waals surface area contributed by atoms with Crippen LogP contribution in [0.1, 0.15) is 18.9 Å². The number of aromatic nitrogens is 1. The second kappa shape index (κ2) is 2.81. The highest BCUT2D eigenvalue weighted by atomic mass is 19.1. The molecular formula is C9H9FN2O. The van der Waals surface area contributed by atoms with Gasteiger partial charge in [-0.2, -0.15) is 0 Å². The molecule has 0 aliphatic rings. The van der Waals surface area contributed by atoms with Crippen LogP contribution < -0.4 is 5.73 Å². The van der Waals surface area contributed by atoms with E-state index in [1.165, 1.54) is 12.1 Å². The fraction of sp³-hybridized carbons (Fsp3) is 0.222. The summed E-state index contributed by atoms with van der Waals surface area (Å²) < 4.78 is 18.0. The quantitative estimate of drug-likeness (QED) is 0.730. The molecule has 68 valence electrons. The normalized spacial score (nSPS) is 13.5. The molecular weight excluding hydrogens is 171 g/mol. The largest absolute Gasteiger partial charge is 0.439 e. The molecule has 2 rings (SSSR count). The monoisotopic (exact) mass is 180 g/mol. The predicted octanol–water partition coefficient (Wildman–Crippen LogP) is 1.99. The maximum Gasteiger partial charge on any atom is 0.212 e. The first-order chi connectivity index (χ1) is 6.16. The highest BCUT2D eigenvalue weighted by Gasteiger charge is 2.09. The average Bonchev–Trinajstić information content (AvgIpc) is 2.46. The molecule has 1 atom stereocenters. The fourth-order valence-corrected chi connectivity index (χ4v) is 1.11. The van der Waals surface area contributed by atoms with Crippen LogP contribution in [0.25, 0.3) is 11.1 Å². The Hall–Kier alpha value is -1.42. The van der Waals surface area contributed by atoms with Crippen molar-refractivity contribution in [1.29, 1.82) is 0 Å². The second-order valence-electron chi connectivity index (χ2n) is 2.95. The first kappa shape index (κ1) is 8.19. The molecule has 0 amide bonds. The number of nitrogens with zero attached hydrogens (tertiary/aromatic N) is 1. The van der Waals surface area contributed by atoms with E-state index >= 15 is 0 Å². The van der Waals surface area contributed by atoms with Gasteiger partial charge in [-0.1, -0.05) is 0 Å². The Kier molecular flexibility index (Phi) is 1.77. The van der Waals surface area contributed by atoms with E-state index < -0.39 is 0 Å². The van der Waals surface area contributed by atoms with E-state index in [0.29, 0.717) is 17.0 Å². The molecule has 0 fully saturated rings. The molecule has 2 aromatic rings. The van der Waals surface area contributed by atoms with Gasteiger partial charge in [-0.05, 0) is 19.1 Å². The zero-order valence-corrected chi connectivity index (χ0v) is 7.12. The van der Waals surface area contributed by atoms with Gasteiger partial charge in [0.15, 0.2) is 5.58 Å². The van der Waals surface area contributed by atoms with Gasteiger partial charge in [0, 0.05) is 6.07 Å². The Morgan fingerprint density at radius 1 is 1.54 bits per heavy atom. The minimum Gasteiger partial charge on any atom is -0.439 e. The molecule has 13 heavy (non-hydrogen) atoms. The Labute approximate surface area is 74.4 Å². The number of fused-ring (bicyclic) bond motifs is 1. The van der Waals surface area contributed by atoms with Crippen LogP contribution in [0.5, 0.6) is 0 Å². The third-order valence-electron chi connectivity index (χ3n) is 1.76. The molecule has 2 N–H and O–H groups in total. The number of hydrogen-bond acceptors (Lipinski definition) is 3. The maximum absolute atomic E-state index is 12.7. The lowest BCUT2D eigenvalue weighted by Crippen LogP contribution is -2.04. The standard InChI is InChI=1S/C9H9FN2O/c1-5(11)9-12-7-3-2-6(10)4-8(7)13-9/h2-5H,11H2,1H3/t5-/m1/s1. The average molecular weight is 180 g/mol. The van der Waals surface area contributed by atoms with E-state index in [2.05, 4.69) is 4.98 Å². The van der Waals surface area contributed by atoms with Crippen LogP contribution in [0.4, 0.5) is 4.39 Å². The number of nitrogens with two attached hydrogens (primary N) is 1. The van der Waals surface area contributed by atoms with Crippen LogP contribution in [-0.4, -0.2) is 4.98 Å². The van der Waals surface area contributed by atoms with E-state index in [1.807, 2.05) is 0 Å².